The van der Waals surface area contributed by atoms with Crippen LogP contribution in [0.15, 0.2) is 4.99 Å². The summed E-state index contributed by atoms with van der Waals surface area (Å²) in [6, 6.07) is 2.28. The highest BCUT2D eigenvalue weighted by molar-refractivity contribution is 5.55. The molecule has 0 aromatic heterocycles. The van der Waals surface area contributed by atoms with Crippen molar-refractivity contribution in [3.63, 3.8) is 0 Å². The number of nitrogens with zero attached hydrogens (tertiary/aromatic N) is 2. The molecule has 3 nitrogen and oxygen atoms in total. The maximum Gasteiger partial charge on any atom is 0.186 e. The van der Waals surface area contributed by atoms with Crippen LogP contribution in [-0.2, 0) is 4.74 Å². The Balaban J connectivity index is 2.28. The lowest BCUT2D eigenvalue weighted by Crippen LogP contribution is -2.49. The number of ether oxygens (including phenoxy) is 1. The van der Waals surface area contributed by atoms with Gasteiger partial charge in [-0.15, -0.1) is 0 Å². The third-order valence-corrected chi connectivity index (χ3v) is 3.36. The van der Waals surface area contributed by atoms with E-state index in [4.69, 9.17) is 10.00 Å². The minimum atomic E-state index is -0.645. The second-order valence-corrected chi connectivity index (χ2v) is 4.09. The zero-order valence-corrected chi connectivity index (χ0v) is 7.92. The summed E-state index contributed by atoms with van der Waals surface area (Å²) < 4.78 is 5.57. The molecule has 0 amide bonds. The lowest BCUT2D eigenvalue weighted by atomic mass is 9.73. The zero-order valence-electron chi connectivity index (χ0n) is 7.92. The molecule has 1 atom stereocenters. The predicted molar refractivity (Wildman–Crippen MR) is 49.4 cm³/mol. The first-order valence-corrected chi connectivity index (χ1v) is 4.85. The van der Waals surface area contributed by atoms with Crippen molar-refractivity contribution in [2.24, 2.45) is 4.99 Å². The van der Waals surface area contributed by atoms with Crippen molar-refractivity contribution < 1.29 is 4.74 Å². The summed E-state index contributed by atoms with van der Waals surface area (Å²) in [5.41, 5.74) is -0.951. The van der Waals surface area contributed by atoms with Gasteiger partial charge in [0, 0.05) is 0 Å². The largest absolute Gasteiger partial charge is 0.473 e. The maximum atomic E-state index is 9.10. The van der Waals surface area contributed by atoms with Crippen molar-refractivity contribution in [2.75, 3.05) is 0 Å². The highest BCUT2D eigenvalue weighted by Gasteiger charge is 2.53. The van der Waals surface area contributed by atoms with E-state index in [9.17, 15) is 0 Å². The molecule has 0 aromatic carbocycles. The Kier molecular flexibility index (Phi) is 1.80. The highest BCUT2D eigenvalue weighted by Crippen LogP contribution is 2.44. The van der Waals surface area contributed by atoms with E-state index in [1.165, 1.54) is 12.8 Å². The number of aliphatic imine (C=N–C) groups is 1. The summed E-state index contributed by atoms with van der Waals surface area (Å²) in [4.78, 5) is 4.15. The molecule has 2 rings (SSSR count). The van der Waals surface area contributed by atoms with E-state index >= 15 is 0 Å². The molecule has 1 spiro atoms. The summed E-state index contributed by atoms with van der Waals surface area (Å²) in [5.74, 6) is 0. The third kappa shape index (κ3) is 1.05. The molecular formula is C10H14N2O. The van der Waals surface area contributed by atoms with Gasteiger partial charge in [-0.05, 0) is 32.6 Å². The molecule has 2 aliphatic rings. The lowest BCUT2D eigenvalue weighted by molar-refractivity contribution is 0.00529. The molecule has 1 unspecified atom stereocenters. The van der Waals surface area contributed by atoms with Gasteiger partial charge >= 0.3 is 0 Å². The van der Waals surface area contributed by atoms with Crippen LogP contribution in [0.4, 0.5) is 0 Å². The molecular weight excluding hydrogens is 164 g/mol. The Labute approximate surface area is 78.4 Å². The van der Waals surface area contributed by atoms with E-state index in [1.807, 2.05) is 6.92 Å². The molecule has 0 aromatic rings. The fraction of sp³-hybridized carbons (Fsp3) is 0.800. The van der Waals surface area contributed by atoms with Crippen LogP contribution in [0.5, 0.6) is 0 Å². The van der Waals surface area contributed by atoms with E-state index in [-0.39, 0.29) is 5.60 Å². The van der Waals surface area contributed by atoms with Crippen molar-refractivity contribution >= 4 is 6.40 Å². The Hall–Kier alpha value is -1.04. The number of nitriles is 1. The summed E-state index contributed by atoms with van der Waals surface area (Å²) in [5, 5.41) is 9.10. The zero-order chi connectivity index (χ0) is 9.36. The molecule has 0 radical (unpaired) electrons. The van der Waals surface area contributed by atoms with E-state index < -0.39 is 5.54 Å². The molecule has 1 aliphatic carbocycles. The summed E-state index contributed by atoms with van der Waals surface area (Å²) in [7, 11) is 0. The average Bonchev–Trinajstić information content (AvgIpc) is 2.47. The van der Waals surface area contributed by atoms with Crippen molar-refractivity contribution in [1.82, 2.24) is 0 Å². The Morgan fingerprint density at radius 1 is 1.38 bits per heavy atom. The molecule has 0 saturated heterocycles. The second-order valence-electron chi connectivity index (χ2n) is 4.09. The van der Waals surface area contributed by atoms with Gasteiger partial charge in [0.1, 0.15) is 5.60 Å². The van der Waals surface area contributed by atoms with Crippen molar-refractivity contribution in [1.29, 1.82) is 5.26 Å². The highest BCUT2D eigenvalue weighted by atomic mass is 16.5. The van der Waals surface area contributed by atoms with Crippen LogP contribution in [0.1, 0.15) is 39.0 Å². The van der Waals surface area contributed by atoms with Crippen LogP contribution >= 0.6 is 0 Å². The molecule has 1 heterocycles. The summed E-state index contributed by atoms with van der Waals surface area (Å²) in [6.45, 7) is 1.88. The molecule has 0 N–H and O–H groups in total. The fourth-order valence-electron chi connectivity index (χ4n) is 2.32. The number of hydrogen-bond donors (Lipinski definition) is 0. The first-order valence-electron chi connectivity index (χ1n) is 4.85. The van der Waals surface area contributed by atoms with Crippen LogP contribution in [0, 0.1) is 11.3 Å². The first-order chi connectivity index (χ1) is 6.22. The maximum absolute atomic E-state index is 9.10. The molecule has 1 saturated carbocycles. The monoisotopic (exact) mass is 178 g/mol. The number of hydrogen-bond acceptors (Lipinski definition) is 3. The third-order valence-electron chi connectivity index (χ3n) is 3.36. The normalized spacial score (nSPS) is 35.7. The van der Waals surface area contributed by atoms with Gasteiger partial charge in [0.05, 0.1) is 6.07 Å². The second kappa shape index (κ2) is 2.73. The SMILES string of the molecule is CC1(C#N)N=COC12CCCCC2. The Morgan fingerprint density at radius 2 is 2.08 bits per heavy atom. The van der Waals surface area contributed by atoms with Gasteiger partial charge in [0.15, 0.2) is 11.9 Å². The first kappa shape index (κ1) is 8.55. The van der Waals surface area contributed by atoms with E-state index in [1.54, 1.807) is 0 Å². The van der Waals surface area contributed by atoms with Gasteiger partial charge in [-0.25, -0.2) is 4.99 Å². The molecule has 3 heteroatoms. The molecule has 1 aliphatic heterocycles. The fourth-order valence-corrected chi connectivity index (χ4v) is 2.32. The van der Waals surface area contributed by atoms with E-state index in [2.05, 4.69) is 11.1 Å². The molecule has 70 valence electrons. The minimum absolute atomic E-state index is 0.306. The van der Waals surface area contributed by atoms with Crippen LogP contribution in [0.3, 0.4) is 0 Å². The van der Waals surface area contributed by atoms with E-state index in [0.29, 0.717) is 0 Å². The van der Waals surface area contributed by atoms with Crippen LogP contribution in [0.25, 0.3) is 0 Å². The molecule has 0 bridgehead atoms. The smallest absolute Gasteiger partial charge is 0.186 e. The van der Waals surface area contributed by atoms with Crippen molar-refractivity contribution in [2.45, 2.75) is 50.2 Å². The standard InChI is InChI=1S/C10H14N2O/c1-9(7-11)10(13-8-12-9)5-3-2-4-6-10/h8H,2-6H2,1H3. The van der Waals surface area contributed by atoms with Crippen LogP contribution < -0.4 is 0 Å². The van der Waals surface area contributed by atoms with Crippen molar-refractivity contribution in [3.8, 4) is 6.07 Å². The lowest BCUT2D eigenvalue weighted by Gasteiger charge is -2.38. The molecule has 1 fully saturated rings. The average molecular weight is 178 g/mol. The van der Waals surface area contributed by atoms with Gasteiger partial charge in [-0.3, -0.25) is 0 Å². The summed E-state index contributed by atoms with van der Waals surface area (Å²) in [6.07, 6.45) is 6.97. The van der Waals surface area contributed by atoms with Gasteiger partial charge in [0.25, 0.3) is 0 Å². The molecule has 13 heavy (non-hydrogen) atoms. The Bertz CT molecular complexity index is 273. The summed E-state index contributed by atoms with van der Waals surface area (Å²) >= 11 is 0. The minimum Gasteiger partial charge on any atom is -0.473 e. The topological polar surface area (TPSA) is 45.4 Å². The predicted octanol–water partition coefficient (Wildman–Crippen LogP) is 2.03. The quantitative estimate of drug-likeness (QED) is 0.569. The van der Waals surface area contributed by atoms with Gasteiger partial charge < -0.3 is 4.74 Å². The Morgan fingerprint density at radius 3 is 2.69 bits per heavy atom. The van der Waals surface area contributed by atoms with E-state index in [0.717, 1.165) is 25.7 Å². The van der Waals surface area contributed by atoms with Gasteiger partial charge in [-0.2, -0.15) is 5.26 Å². The van der Waals surface area contributed by atoms with Crippen LogP contribution in [0.2, 0.25) is 0 Å². The van der Waals surface area contributed by atoms with Crippen molar-refractivity contribution in [3.05, 3.63) is 0 Å². The van der Waals surface area contributed by atoms with Gasteiger partial charge in [-0.1, -0.05) is 6.42 Å². The van der Waals surface area contributed by atoms with Crippen LogP contribution in [-0.4, -0.2) is 17.5 Å². The number of rotatable bonds is 0. The van der Waals surface area contributed by atoms with Gasteiger partial charge in [0.2, 0.25) is 0 Å².